The molecule has 0 amide bonds. The average Bonchev–Trinajstić information content (AvgIpc) is 3.24. The molecule has 5 rings (SSSR count). The number of allylic oxidation sites excluding steroid dienone is 1. The van der Waals surface area contributed by atoms with E-state index >= 15 is 0 Å². The van der Waals surface area contributed by atoms with Crippen molar-refractivity contribution in [2.45, 2.75) is 82.5 Å². The fourth-order valence-corrected chi connectivity index (χ4v) is 8.36. The lowest BCUT2D eigenvalue weighted by Crippen LogP contribution is -2.63. The first-order valence-corrected chi connectivity index (χ1v) is 11.4. The van der Waals surface area contributed by atoms with Gasteiger partial charge in [0.15, 0.2) is 0 Å². The predicted molar refractivity (Wildman–Crippen MR) is 105 cm³/mol. The molecule has 5 heteroatoms. The minimum Gasteiger partial charge on any atom is -0.389 e. The maximum Gasteiger partial charge on any atom is 0.125 e. The maximum absolute atomic E-state index is 12.1. The molecule has 148 valence electrons. The first-order chi connectivity index (χ1) is 12.7. The fraction of sp³-hybridized carbons (Fsp3) is 0.773. The summed E-state index contributed by atoms with van der Waals surface area (Å²) in [5, 5.41) is 36.6. The van der Waals surface area contributed by atoms with Crippen molar-refractivity contribution in [3.63, 3.8) is 0 Å². The van der Waals surface area contributed by atoms with Crippen LogP contribution in [-0.2, 0) is 5.60 Å². The van der Waals surface area contributed by atoms with E-state index in [1.54, 1.807) is 6.20 Å². The van der Waals surface area contributed by atoms with Gasteiger partial charge in [0.25, 0.3) is 0 Å². The number of nitrogens with zero attached hydrogens (tertiary/aromatic N) is 1. The normalized spacial score (nSPS) is 51.9. The number of aliphatic hydroxyl groups excluding tert-OH is 1. The molecule has 3 fully saturated rings. The smallest absolute Gasteiger partial charge is 0.125 e. The van der Waals surface area contributed by atoms with E-state index in [0.29, 0.717) is 18.8 Å². The quantitative estimate of drug-likeness (QED) is 0.639. The van der Waals surface area contributed by atoms with E-state index in [9.17, 15) is 15.3 Å². The third-order valence-electron chi connectivity index (χ3n) is 9.21. The molecule has 7 atom stereocenters. The minimum absolute atomic E-state index is 0.0844. The highest BCUT2D eigenvalue weighted by Crippen LogP contribution is 2.71. The van der Waals surface area contributed by atoms with E-state index < -0.39 is 16.6 Å². The second-order valence-corrected chi connectivity index (χ2v) is 10.9. The molecule has 0 bridgehead atoms. The van der Waals surface area contributed by atoms with Crippen molar-refractivity contribution >= 4 is 11.3 Å². The van der Waals surface area contributed by atoms with Crippen LogP contribution in [-0.4, -0.2) is 32.0 Å². The van der Waals surface area contributed by atoms with Crippen molar-refractivity contribution in [1.29, 1.82) is 0 Å². The Morgan fingerprint density at radius 2 is 1.85 bits per heavy atom. The first kappa shape index (κ1) is 18.3. The summed E-state index contributed by atoms with van der Waals surface area (Å²) in [7, 11) is 0. The minimum atomic E-state index is -1.03. The number of aromatic nitrogens is 1. The van der Waals surface area contributed by atoms with Gasteiger partial charge in [-0.1, -0.05) is 25.5 Å². The van der Waals surface area contributed by atoms with Crippen LogP contribution in [0.1, 0.15) is 70.2 Å². The molecule has 0 saturated heterocycles. The number of fused-ring (bicyclic) bond motifs is 5. The highest BCUT2D eigenvalue weighted by Gasteiger charge is 2.72. The topological polar surface area (TPSA) is 73.6 Å². The molecule has 4 nitrogen and oxygen atoms in total. The van der Waals surface area contributed by atoms with E-state index in [0.717, 1.165) is 43.5 Å². The van der Waals surface area contributed by atoms with Crippen LogP contribution < -0.4 is 0 Å². The molecule has 3 saturated carbocycles. The summed E-state index contributed by atoms with van der Waals surface area (Å²) in [5.74, 6) is 0.643. The summed E-state index contributed by atoms with van der Waals surface area (Å²) in [6.45, 7) is 4.46. The molecule has 4 aliphatic rings. The van der Waals surface area contributed by atoms with Gasteiger partial charge >= 0.3 is 0 Å². The zero-order valence-corrected chi connectivity index (χ0v) is 17.1. The largest absolute Gasteiger partial charge is 0.389 e. The van der Waals surface area contributed by atoms with Crippen molar-refractivity contribution in [1.82, 2.24) is 4.98 Å². The van der Waals surface area contributed by atoms with Gasteiger partial charge in [0.1, 0.15) is 10.6 Å². The lowest BCUT2D eigenvalue weighted by molar-refractivity contribution is -0.221. The summed E-state index contributed by atoms with van der Waals surface area (Å²) in [4.78, 5) is 4.45. The predicted octanol–water partition coefficient (Wildman–Crippen LogP) is 3.77. The van der Waals surface area contributed by atoms with Crippen molar-refractivity contribution in [2.24, 2.45) is 22.7 Å². The van der Waals surface area contributed by atoms with Gasteiger partial charge in [0.05, 0.1) is 11.7 Å². The lowest BCUT2D eigenvalue weighted by Gasteiger charge is -2.62. The van der Waals surface area contributed by atoms with E-state index in [4.69, 9.17) is 0 Å². The monoisotopic (exact) mass is 389 g/mol. The highest BCUT2D eigenvalue weighted by molar-refractivity contribution is 7.09. The SMILES string of the molecule is C[C@]12CCC(O)C=C1CC[C@@H]1[C@H]2CC[C@]2(C)C(O)(c3nccs3)CC[C@@]12O. The van der Waals surface area contributed by atoms with E-state index in [1.165, 1.54) is 16.9 Å². The van der Waals surface area contributed by atoms with Crippen LogP contribution in [0, 0.1) is 22.7 Å². The number of thiazole rings is 1. The zero-order chi connectivity index (χ0) is 19.1. The van der Waals surface area contributed by atoms with Crippen LogP contribution in [0.25, 0.3) is 0 Å². The molecule has 2 unspecified atom stereocenters. The first-order valence-electron chi connectivity index (χ1n) is 10.5. The number of rotatable bonds is 1. The van der Waals surface area contributed by atoms with Crippen LogP contribution in [0.15, 0.2) is 23.2 Å². The Bertz CT molecular complexity index is 779. The number of hydrogen-bond donors (Lipinski definition) is 3. The molecule has 0 radical (unpaired) electrons. The Kier molecular flexibility index (Phi) is 3.83. The molecule has 0 aliphatic heterocycles. The average molecular weight is 390 g/mol. The second-order valence-electron chi connectivity index (χ2n) is 9.96. The van der Waals surface area contributed by atoms with Gasteiger partial charge in [0, 0.05) is 17.0 Å². The van der Waals surface area contributed by atoms with Gasteiger partial charge in [0.2, 0.25) is 0 Å². The molecule has 0 aromatic carbocycles. The molecule has 1 heterocycles. The summed E-state index contributed by atoms with van der Waals surface area (Å²) < 4.78 is 0. The highest BCUT2D eigenvalue weighted by atomic mass is 32.1. The van der Waals surface area contributed by atoms with Crippen LogP contribution in [0.2, 0.25) is 0 Å². The Balaban J connectivity index is 1.56. The number of aliphatic hydroxyl groups is 3. The standard InChI is InChI=1S/C22H31NO3S/c1-19-7-5-15(24)13-14(19)3-4-17-16(19)6-8-20(2)21(17,25)9-10-22(20,26)18-23-11-12-27-18/h11-13,15-17,24-26H,3-10H2,1-2H3/t15?,16-,17-,19+,20+,21-,22?/m1/s1. The summed E-state index contributed by atoms with van der Waals surface area (Å²) in [6, 6.07) is 0. The third-order valence-corrected chi connectivity index (χ3v) is 10.1. The second kappa shape index (κ2) is 5.65. The van der Waals surface area contributed by atoms with Crippen molar-refractivity contribution in [3.8, 4) is 0 Å². The third kappa shape index (κ3) is 2.12. The van der Waals surface area contributed by atoms with Crippen LogP contribution >= 0.6 is 11.3 Å². The van der Waals surface area contributed by atoms with Crippen molar-refractivity contribution in [2.75, 3.05) is 0 Å². The molecule has 1 aromatic heterocycles. The molecule has 3 N–H and O–H groups in total. The van der Waals surface area contributed by atoms with Gasteiger partial charge in [-0.15, -0.1) is 11.3 Å². The maximum atomic E-state index is 12.1. The molecule has 1 aromatic rings. The number of hydrogen-bond acceptors (Lipinski definition) is 5. The van der Waals surface area contributed by atoms with Crippen molar-refractivity contribution < 1.29 is 15.3 Å². The van der Waals surface area contributed by atoms with Gasteiger partial charge in [-0.25, -0.2) is 4.98 Å². The van der Waals surface area contributed by atoms with Gasteiger partial charge in [-0.2, -0.15) is 0 Å². The van der Waals surface area contributed by atoms with E-state index in [-0.39, 0.29) is 17.4 Å². The summed E-state index contributed by atoms with van der Waals surface area (Å²) >= 11 is 1.51. The Morgan fingerprint density at radius 3 is 2.59 bits per heavy atom. The fourth-order valence-electron chi connectivity index (χ4n) is 7.47. The Morgan fingerprint density at radius 1 is 1.04 bits per heavy atom. The molecule has 27 heavy (non-hydrogen) atoms. The van der Waals surface area contributed by atoms with Crippen LogP contribution in [0.5, 0.6) is 0 Å². The van der Waals surface area contributed by atoms with E-state index in [1.807, 2.05) is 5.38 Å². The Labute approximate surface area is 165 Å². The van der Waals surface area contributed by atoms with Crippen molar-refractivity contribution in [3.05, 3.63) is 28.2 Å². The Hall–Kier alpha value is -0.750. The molecule has 4 aliphatic carbocycles. The van der Waals surface area contributed by atoms with Gasteiger partial charge in [-0.3, -0.25) is 0 Å². The zero-order valence-electron chi connectivity index (χ0n) is 16.3. The summed E-state index contributed by atoms with van der Waals surface area (Å²) in [6.07, 6.45) is 10.4. The van der Waals surface area contributed by atoms with Gasteiger partial charge < -0.3 is 15.3 Å². The summed E-state index contributed by atoms with van der Waals surface area (Å²) in [5.41, 5.74) is -0.934. The van der Waals surface area contributed by atoms with E-state index in [2.05, 4.69) is 24.9 Å². The molecular formula is C22H31NO3S. The van der Waals surface area contributed by atoms with Crippen LogP contribution in [0.3, 0.4) is 0 Å². The van der Waals surface area contributed by atoms with Crippen LogP contribution in [0.4, 0.5) is 0 Å². The lowest BCUT2D eigenvalue weighted by atomic mass is 9.45. The van der Waals surface area contributed by atoms with Gasteiger partial charge in [-0.05, 0) is 68.6 Å². The molecule has 0 spiro atoms. The molecular weight excluding hydrogens is 358 g/mol.